The summed E-state index contributed by atoms with van der Waals surface area (Å²) in [7, 11) is 0. The molecule has 2 aromatic rings. The molecule has 2 rings (SSSR count). The van der Waals surface area contributed by atoms with Crippen LogP contribution in [0.25, 0.3) is 0 Å². The average molecular weight is 344 g/mol. The number of para-hydroxylation sites is 1. The molecule has 6 nitrogen and oxygen atoms in total. The van der Waals surface area contributed by atoms with Crippen molar-refractivity contribution in [2.75, 3.05) is 5.32 Å². The van der Waals surface area contributed by atoms with Crippen LogP contribution in [-0.4, -0.2) is 28.2 Å². The molecule has 25 heavy (non-hydrogen) atoms. The molecule has 6 heteroatoms. The Morgan fingerprint density at radius 2 is 1.52 bits per heavy atom. The number of nitrogens with two attached hydrogens (primary N) is 1. The van der Waals surface area contributed by atoms with E-state index in [0.717, 1.165) is 5.69 Å². The van der Waals surface area contributed by atoms with Crippen LogP contribution in [0.5, 0.6) is 0 Å². The van der Waals surface area contributed by atoms with Crippen LogP contribution >= 0.6 is 0 Å². The van der Waals surface area contributed by atoms with E-state index in [4.69, 9.17) is 15.9 Å². The topological polar surface area (TPSA) is 113 Å². The third-order valence-electron chi connectivity index (χ3n) is 3.48. The van der Waals surface area contributed by atoms with Gasteiger partial charge in [-0.15, -0.1) is 0 Å². The van der Waals surface area contributed by atoms with Gasteiger partial charge in [0.15, 0.2) is 0 Å². The molecule has 0 amide bonds. The van der Waals surface area contributed by atoms with Crippen molar-refractivity contribution >= 4 is 17.6 Å². The van der Waals surface area contributed by atoms with Crippen LogP contribution in [0.2, 0.25) is 0 Å². The van der Waals surface area contributed by atoms with Crippen molar-refractivity contribution in [1.82, 2.24) is 0 Å². The first-order valence-corrected chi connectivity index (χ1v) is 7.88. The summed E-state index contributed by atoms with van der Waals surface area (Å²) in [5.41, 5.74) is 8.24. The van der Waals surface area contributed by atoms with Gasteiger partial charge in [-0.3, -0.25) is 0 Å². The predicted octanol–water partition coefficient (Wildman–Crippen LogP) is 3.36. The molecule has 0 radical (unpaired) electrons. The third kappa shape index (κ3) is 5.93. The highest BCUT2D eigenvalue weighted by Crippen LogP contribution is 2.15. The van der Waals surface area contributed by atoms with Gasteiger partial charge in [0, 0.05) is 18.3 Å². The molecule has 2 aromatic carbocycles. The van der Waals surface area contributed by atoms with Gasteiger partial charge in [0.05, 0.1) is 11.1 Å². The van der Waals surface area contributed by atoms with Crippen molar-refractivity contribution in [2.24, 2.45) is 5.73 Å². The quantitative estimate of drug-likeness (QED) is 0.661. The zero-order chi connectivity index (χ0) is 19.0. The first kappa shape index (κ1) is 20.2. The molecule has 0 unspecified atom stereocenters. The maximum absolute atomic E-state index is 10.6. The maximum Gasteiger partial charge on any atom is 0.335 e. The number of benzene rings is 2. The van der Waals surface area contributed by atoms with E-state index in [1.165, 1.54) is 30.7 Å². The number of carbonyl (C=O) groups is 2. The van der Waals surface area contributed by atoms with Crippen LogP contribution in [0.4, 0.5) is 5.69 Å². The highest BCUT2D eigenvalue weighted by molar-refractivity contribution is 5.96. The second-order valence-corrected chi connectivity index (χ2v) is 5.75. The number of nitrogens with one attached hydrogen (secondary N) is 1. The molecule has 0 aromatic heterocycles. The SMILES string of the molecule is CC(C)Nc1ccccc1CN.Cc1c(C(=O)O)cccc1C(=O)O. The molecule has 0 bridgehead atoms. The minimum Gasteiger partial charge on any atom is -0.478 e. The summed E-state index contributed by atoms with van der Waals surface area (Å²) in [5.74, 6) is -2.22. The van der Waals surface area contributed by atoms with Crippen molar-refractivity contribution in [1.29, 1.82) is 0 Å². The van der Waals surface area contributed by atoms with Crippen LogP contribution in [0, 0.1) is 6.92 Å². The van der Waals surface area contributed by atoms with E-state index in [1.807, 2.05) is 18.2 Å². The van der Waals surface area contributed by atoms with Crippen LogP contribution in [0.15, 0.2) is 42.5 Å². The molecule has 0 heterocycles. The first-order valence-electron chi connectivity index (χ1n) is 7.88. The summed E-state index contributed by atoms with van der Waals surface area (Å²) >= 11 is 0. The highest BCUT2D eigenvalue weighted by atomic mass is 16.4. The molecule has 5 N–H and O–H groups in total. The zero-order valence-electron chi connectivity index (χ0n) is 14.6. The van der Waals surface area contributed by atoms with Crippen LogP contribution in [0.1, 0.15) is 45.7 Å². The maximum atomic E-state index is 10.6. The fourth-order valence-corrected chi connectivity index (χ4v) is 2.25. The summed E-state index contributed by atoms with van der Waals surface area (Å²) in [6.45, 7) is 6.31. The Hall–Kier alpha value is -2.86. The van der Waals surface area contributed by atoms with Crippen molar-refractivity contribution in [2.45, 2.75) is 33.4 Å². The number of hydrogen-bond donors (Lipinski definition) is 4. The molecule has 0 saturated carbocycles. The van der Waals surface area contributed by atoms with Gasteiger partial charge in [0.2, 0.25) is 0 Å². The first-order chi connectivity index (χ1) is 11.8. The Morgan fingerprint density at radius 1 is 1.00 bits per heavy atom. The lowest BCUT2D eigenvalue weighted by Gasteiger charge is -2.13. The minimum atomic E-state index is -1.11. The van der Waals surface area contributed by atoms with Gasteiger partial charge in [0.25, 0.3) is 0 Å². The van der Waals surface area contributed by atoms with E-state index >= 15 is 0 Å². The summed E-state index contributed by atoms with van der Waals surface area (Å²) in [4.78, 5) is 21.2. The van der Waals surface area contributed by atoms with E-state index in [9.17, 15) is 9.59 Å². The molecule has 0 atom stereocenters. The fourth-order valence-electron chi connectivity index (χ4n) is 2.25. The van der Waals surface area contributed by atoms with E-state index in [0.29, 0.717) is 12.6 Å². The second-order valence-electron chi connectivity index (χ2n) is 5.75. The normalized spacial score (nSPS) is 9.96. The van der Waals surface area contributed by atoms with Crippen LogP contribution < -0.4 is 11.1 Å². The van der Waals surface area contributed by atoms with E-state index in [2.05, 4.69) is 25.2 Å². The standard InChI is InChI=1S/C10H16N2.C9H8O4/c1-8(2)12-10-6-4-3-5-9(10)7-11;1-5-6(8(10)11)3-2-4-7(5)9(12)13/h3-6,8,12H,7,11H2,1-2H3;2-4H,1H3,(H,10,11)(H,12,13). The van der Waals surface area contributed by atoms with Crippen molar-refractivity contribution in [3.63, 3.8) is 0 Å². The fraction of sp³-hybridized carbons (Fsp3) is 0.263. The smallest absolute Gasteiger partial charge is 0.335 e. The number of anilines is 1. The second kappa shape index (κ2) is 9.44. The summed E-state index contributed by atoms with van der Waals surface area (Å²) < 4.78 is 0. The van der Waals surface area contributed by atoms with Crippen LogP contribution in [-0.2, 0) is 6.54 Å². The van der Waals surface area contributed by atoms with Gasteiger partial charge in [0.1, 0.15) is 0 Å². The van der Waals surface area contributed by atoms with Gasteiger partial charge < -0.3 is 21.3 Å². The molecule has 0 aliphatic carbocycles. The molecule has 134 valence electrons. The van der Waals surface area contributed by atoms with Crippen molar-refractivity contribution in [3.8, 4) is 0 Å². The number of aromatic carboxylic acids is 2. The zero-order valence-corrected chi connectivity index (χ0v) is 14.6. The molecular formula is C19H24N2O4. The number of carboxylic acids is 2. The Kier molecular flexibility index (Phi) is 7.62. The van der Waals surface area contributed by atoms with E-state index < -0.39 is 11.9 Å². The summed E-state index contributed by atoms with van der Waals surface area (Å²) in [5, 5.41) is 20.7. The van der Waals surface area contributed by atoms with E-state index in [1.54, 1.807) is 0 Å². The number of carboxylic acid groups (broad SMARTS) is 2. The Labute approximate surface area is 147 Å². The molecule has 0 aliphatic heterocycles. The van der Waals surface area contributed by atoms with Gasteiger partial charge in [-0.1, -0.05) is 24.3 Å². The number of rotatable bonds is 5. The summed E-state index contributed by atoms with van der Waals surface area (Å²) in [6, 6.07) is 12.8. The summed E-state index contributed by atoms with van der Waals surface area (Å²) in [6.07, 6.45) is 0. The lowest BCUT2D eigenvalue weighted by atomic mass is 10.0. The largest absolute Gasteiger partial charge is 0.478 e. The molecule has 0 fully saturated rings. The number of hydrogen-bond acceptors (Lipinski definition) is 4. The van der Waals surface area contributed by atoms with Crippen molar-refractivity contribution in [3.05, 3.63) is 64.7 Å². The van der Waals surface area contributed by atoms with Crippen molar-refractivity contribution < 1.29 is 19.8 Å². The minimum absolute atomic E-state index is 0.0277. The average Bonchev–Trinajstić information content (AvgIpc) is 2.55. The lowest BCUT2D eigenvalue weighted by Crippen LogP contribution is -2.12. The van der Waals surface area contributed by atoms with Gasteiger partial charge in [-0.2, -0.15) is 0 Å². The van der Waals surface area contributed by atoms with Gasteiger partial charge in [-0.25, -0.2) is 9.59 Å². The molecule has 0 aliphatic rings. The van der Waals surface area contributed by atoms with Gasteiger partial charge in [-0.05, 0) is 50.1 Å². The molecular weight excluding hydrogens is 320 g/mol. The lowest BCUT2D eigenvalue weighted by molar-refractivity contribution is 0.0696. The van der Waals surface area contributed by atoms with Gasteiger partial charge >= 0.3 is 11.9 Å². The third-order valence-corrected chi connectivity index (χ3v) is 3.48. The highest BCUT2D eigenvalue weighted by Gasteiger charge is 2.13. The monoisotopic (exact) mass is 344 g/mol. The predicted molar refractivity (Wildman–Crippen MR) is 98.2 cm³/mol. The molecule has 0 spiro atoms. The Balaban J connectivity index is 0.000000251. The van der Waals surface area contributed by atoms with Crippen LogP contribution in [0.3, 0.4) is 0 Å². The molecule has 0 saturated heterocycles. The van der Waals surface area contributed by atoms with E-state index in [-0.39, 0.29) is 16.7 Å². The Morgan fingerprint density at radius 3 is 1.96 bits per heavy atom. The Bertz CT molecular complexity index is 710.